The lowest BCUT2D eigenvalue weighted by Gasteiger charge is -2.13. The Morgan fingerprint density at radius 1 is 1.35 bits per heavy atom. The predicted octanol–water partition coefficient (Wildman–Crippen LogP) is 1.68. The third kappa shape index (κ3) is 5.82. The lowest BCUT2D eigenvalue weighted by atomic mass is 10.1. The van der Waals surface area contributed by atoms with Crippen molar-refractivity contribution < 1.29 is 19.4 Å². The summed E-state index contributed by atoms with van der Waals surface area (Å²) in [5.74, 6) is -1.01. The zero-order chi connectivity index (χ0) is 12.5. The average Bonchev–Trinajstić information content (AvgIpc) is 2.34. The van der Waals surface area contributed by atoms with E-state index in [1.165, 1.54) is 0 Å². The summed E-state index contributed by atoms with van der Waals surface area (Å²) < 4.78 is 5.13. The number of carboxylic acid groups (broad SMARTS) is 1. The minimum Gasteiger partial charge on any atom is -0.480 e. The highest BCUT2D eigenvalue weighted by molar-refractivity contribution is 5.68. The molecular formula is C13H16O4. The first-order valence-corrected chi connectivity index (χ1v) is 5.53. The van der Waals surface area contributed by atoms with Gasteiger partial charge in [0.15, 0.2) is 0 Å². The Kier molecular flexibility index (Phi) is 5.96. The van der Waals surface area contributed by atoms with Crippen LogP contribution in [0.2, 0.25) is 0 Å². The normalized spacial score (nSPS) is 12.0. The third-order valence-corrected chi connectivity index (χ3v) is 2.40. The lowest BCUT2D eigenvalue weighted by Crippen LogP contribution is -2.19. The summed E-state index contributed by atoms with van der Waals surface area (Å²) in [4.78, 5) is 20.8. The predicted molar refractivity (Wildman–Crippen MR) is 62.8 cm³/mol. The van der Waals surface area contributed by atoms with E-state index in [0.717, 1.165) is 18.3 Å². The second-order valence-electron chi connectivity index (χ2n) is 3.75. The molecular weight excluding hydrogens is 220 g/mol. The molecule has 4 heteroatoms. The number of carbonyl (C=O) groups excluding carboxylic acids is 1. The topological polar surface area (TPSA) is 63.6 Å². The van der Waals surface area contributed by atoms with E-state index in [4.69, 9.17) is 9.84 Å². The molecule has 1 aromatic rings. The van der Waals surface area contributed by atoms with Gasteiger partial charge in [0.1, 0.15) is 12.9 Å². The van der Waals surface area contributed by atoms with Crippen molar-refractivity contribution in [1.82, 2.24) is 0 Å². The van der Waals surface area contributed by atoms with Crippen molar-refractivity contribution in [2.75, 3.05) is 6.61 Å². The molecule has 1 aromatic carbocycles. The molecule has 0 spiro atoms. The Morgan fingerprint density at radius 3 is 2.65 bits per heavy atom. The molecule has 0 unspecified atom stereocenters. The molecule has 92 valence electrons. The molecule has 0 saturated heterocycles. The second kappa shape index (κ2) is 7.57. The summed E-state index contributed by atoms with van der Waals surface area (Å²) in [6.45, 7) is -0.354. The molecule has 1 rings (SSSR count). The molecule has 17 heavy (non-hydrogen) atoms. The number of benzene rings is 1. The monoisotopic (exact) mass is 236 g/mol. The minimum atomic E-state index is -1.01. The third-order valence-electron chi connectivity index (χ3n) is 2.40. The average molecular weight is 236 g/mol. The number of rotatable bonds is 8. The fourth-order valence-corrected chi connectivity index (χ4v) is 1.54. The molecule has 0 aromatic heterocycles. The summed E-state index contributed by atoms with van der Waals surface area (Å²) in [7, 11) is 0. The van der Waals surface area contributed by atoms with Crippen molar-refractivity contribution in [3.8, 4) is 0 Å². The van der Waals surface area contributed by atoms with Crippen LogP contribution in [0.3, 0.4) is 0 Å². The van der Waals surface area contributed by atoms with E-state index < -0.39 is 5.97 Å². The number of carboxylic acids is 1. The van der Waals surface area contributed by atoms with E-state index in [0.29, 0.717) is 6.42 Å². The standard InChI is InChI=1S/C13H16O4/c14-9-8-12(17-10-13(15)16)7-6-11-4-2-1-3-5-11/h1-5,9,12H,6-8,10H2,(H,15,16)/t12-/m1/s1. The summed E-state index contributed by atoms with van der Waals surface area (Å²) in [6, 6.07) is 9.82. The smallest absolute Gasteiger partial charge is 0.329 e. The van der Waals surface area contributed by atoms with Crippen LogP contribution in [0.5, 0.6) is 0 Å². The Bertz CT molecular complexity index is 348. The number of ether oxygens (including phenoxy) is 1. The molecule has 0 aliphatic carbocycles. The van der Waals surface area contributed by atoms with E-state index in [1.807, 2.05) is 30.3 Å². The number of aliphatic carboxylic acids is 1. The maximum Gasteiger partial charge on any atom is 0.329 e. The van der Waals surface area contributed by atoms with Gasteiger partial charge in [-0.05, 0) is 18.4 Å². The van der Waals surface area contributed by atoms with Crippen LogP contribution in [0.4, 0.5) is 0 Å². The van der Waals surface area contributed by atoms with Crippen LogP contribution in [-0.2, 0) is 20.7 Å². The van der Waals surface area contributed by atoms with Gasteiger partial charge in [0, 0.05) is 6.42 Å². The molecule has 0 fully saturated rings. The van der Waals surface area contributed by atoms with Crippen molar-refractivity contribution >= 4 is 12.3 Å². The van der Waals surface area contributed by atoms with Crippen molar-refractivity contribution in [2.45, 2.75) is 25.4 Å². The molecule has 0 aliphatic rings. The van der Waals surface area contributed by atoms with Crippen LogP contribution in [0, 0.1) is 0 Å². The van der Waals surface area contributed by atoms with Crippen LogP contribution < -0.4 is 0 Å². The highest BCUT2D eigenvalue weighted by Gasteiger charge is 2.10. The highest BCUT2D eigenvalue weighted by Crippen LogP contribution is 2.09. The van der Waals surface area contributed by atoms with Gasteiger partial charge in [-0.1, -0.05) is 30.3 Å². The SMILES string of the molecule is O=CC[C@@H](CCc1ccccc1)OCC(=O)O. The van der Waals surface area contributed by atoms with E-state index in [2.05, 4.69) is 0 Å². The van der Waals surface area contributed by atoms with E-state index >= 15 is 0 Å². The van der Waals surface area contributed by atoms with Crippen molar-refractivity contribution in [3.05, 3.63) is 35.9 Å². The van der Waals surface area contributed by atoms with Gasteiger partial charge in [-0.25, -0.2) is 4.79 Å². The summed E-state index contributed by atoms with van der Waals surface area (Å²) in [5.41, 5.74) is 1.15. The number of aryl methyl sites for hydroxylation is 1. The fourth-order valence-electron chi connectivity index (χ4n) is 1.54. The Labute approximate surface area is 100 Å². The van der Waals surface area contributed by atoms with E-state index in [-0.39, 0.29) is 19.1 Å². The zero-order valence-electron chi connectivity index (χ0n) is 9.54. The molecule has 1 N–H and O–H groups in total. The fraction of sp³-hybridized carbons (Fsp3) is 0.385. The molecule has 0 saturated carbocycles. The van der Waals surface area contributed by atoms with E-state index in [9.17, 15) is 9.59 Å². The molecule has 0 amide bonds. The Hall–Kier alpha value is -1.68. The van der Waals surface area contributed by atoms with E-state index in [1.54, 1.807) is 0 Å². The van der Waals surface area contributed by atoms with Crippen LogP contribution in [0.25, 0.3) is 0 Å². The van der Waals surface area contributed by atoms with Crippen LogP contribution >= 0.6 is 0 Å². The lowest BCUT2D eigenvalue weighted by molar-refractivity contribution is -0.145. The second-order valence-corrected chi connectivity index (χ2v) is 3.75. The Balaban J connectivity index is 2.38. The molecule has 1 atom stereocenters. The molecule has 0 radical (unpaired) electrons. The van der Waals surface area contributed by atoms with Crippen LogP contribution in [0.15, 0.2) is 30.3 Å². The van der Waals surface area contributed by atoms with Gasteiger partial charge < -0.3 is 14.6 Å². The van der Waals surface area contributed by atoms with Crippen LogP contribution in [-0.4, -0.2) is 30.1 Å². The van der Waals surface area contributed by atoms with Gasteiger partial charge >= 0.3 is 5.97 Å². The van der Waals surface area contributed by atoms with Gasteiger partial charge in [0.2, 0.25) is 0 Å². The highest BCUT2D eigenvalue weighted by atomic mass is 16.5. The zero-order valence-corrected chi connectivity index (χ0v) is 9.54. The Morgan fingerprint density at radius 2 is 2.06 bits per heavy atom. The minimum absolute atomic E-state index is 0.236. The maximum absolute atomic E-state index is 10.4. The van der Waals surface area contributed by atoms with Gasteiger partial charge in [-0.2, -0.15) is 0 Å². The van der Waals surface area contributed by atoms with Crippen LogP contribution in [0.1, 0.15) is 18.4 Å². The quantitative estimate of drug-likeness (QED) is 0.697. The molecule has 0 bridgehead atoms. The summed E-state index contributed by atoms with van der Waals surface area (Å²) >= 11 is 0. The molecule has 0 heterocycles. The summed E-state index contributed by atoms with van der Waals surface area (Å²) in [5, 5.41) is 8.50. The van der Waals surface area contributed by atoms with Crippen molar-refractivity contribution in [3.63, 3.8) is 0 Å². The van der Waals surface area contributed by atoms with Gasteiger partial charge in [0.25, 0.3) is 0 Å². The van der Waals surface area contributed by atoms with Gasteiger partial charge in [0.05, 0.1) is 6.10 Å². The van der Waals surface area contributed by atoms with Gasteiger partial charge in [-0.3, -0.25) is 0 Å². The number of aldehydes is 1. The van der Waals surface area contributed by atoms with Crippen molar-refractivity contribution in [1.29, 1.82) is 0 Å². The first-order valence-electron chi connectivity index (χ1n) is 5.53. The number of hydrogen-bond acceptors (Lipinski definition) is 3. The first kappa shape index (κ1) is 13.4. The first-order chi connectivity index (χ1) is 8.22. The van der Waals surface area contributed by atoms with Gasteiger partial charge in [-0.15, -0.1) is 0 Å². The molecule has 0 aliphatic heterocycles. The maximum atomic E-state index is 10.4. The number of hydrogen-bond donors (Lipinski definition) is 1. The molecule has 4 nitrogen and oxygen atoms in total. The van der Waals surface area contributed by atoms with Crippen molar-refractivity contribution in [2.24, 2.45) is 0 Å². The number of carbonyl (C=O) groups is 2. The largest absolute Gasteiger partial charge is 0.480 e. The summed E-state index contributed by atoms with van der Waals surface area (Å²) in [6.07, 6.45) is 2.11.